The summed E-state index contributed by atoms with van der Waals surface area (Å²) in [7, 11) is 3.99. The van der Waals surface area contributed by atoms with Crippen molar-refractivity contribution in [2.24, 2.45) is 0 Å². The third-order valence-electron chi connectivity index (χ3n) is 3.27. The monoisotopic (exact) mass is 304 g/mol. The zero-order chi connectivity index (χ0) is 14.1. The first-order valence-electron chi connectivity index (χ1n) is 7.17. The summed E-state index contributed by atoms with van der Waals surface area (Å²) >= 11 is 0. The van der Waals surface area contributed by atoms with Gasteiger partial charge in [0.2, 0.25) is 0 Å². The molecule has 1 aliphatic carbocycles. The highest BCUT2D eigenvalue weighted by atomic mass is 35.5. The zero-order valence-corrected chi connectivity index (χ0v) is 13.7. The summed E-state index contributed by atoms with van der Waals surface area (Å²) in [5, 5.41) is 13.3. The number of nitrogens with zero attached hydrogens (tertiary/aromatic N) is 1. The Morgan fingerprint density at radius 2 is 2.10 bits per heavy atom. The third kappa shape index (κ3) is 8.02. The molecule has 1 aliphatic rings. The van der Waals surface area contributed by atoms with E-state index in [-0.39, 0.29) is 12.4 Å². The molecule has 0 saturated heterocycles. The van der Waals surface area contributed by atoms with Crippen LogP contribution in [0.3, 0.4) is 0 Å². The smallest absolute Gasteiger partial charge is 0.177 e. The van der Waals surface area contributed by atoms with Gasteiger partial charge in [-0.3, -0.25) is 0 Å². The van der Waals surface area contributed by atoms with Gasteiger partial charge in [0.15, 0.2) is 6.29 Å². The number of allylic oxidation sites excluding steroid dienone is 2. The molecular weight excluding hydrogens is 276 g/mol. The second-order valence-electron chi connectivity index (χ2n) is 5.20. The minimum absolute atomic E-state index is 0. The Hall–Kier alpha value is -0.390. The Labute approximate surface area is 129 Å². The SMILES string of the molecule is CCNCCC1=CC=C(C(O)OCCN(C)C)CC1.Cl. The van der Waals surface area contributed by atoms with Gasteiger partial charge in [0.1, 0.15) is 0 Å². The molecule has 0 aromatic rings. The average Bonchev–Trinajstić information content (AvgIpc) is 2.39. The molecule has 0 heterocycles. The number of likely N-dealkylation sites (N-methyl/N-ethyl adjacent to an activating group) is 1. The molecule has 4 nitrogen and oxygen atoms in total. The molecule has 0 spiro atoms. The van der Waals surface area contributed by atoms with Gasteiger partial charge in [-0.2, -0.15) is 0 Å². The first kappa shape index (κ1) is 19.6. The fourth-order valence-electron chi connectivity index (χ4n) is 1.99. The van der Waals surface area contributed by atoms with E-state index in [9.17, 15) is 5.11 Å². The lowest BCUT2D eigenvalue weighted by Crippen LogP contribution is -2.24. The van der Waals surface area contributed by atoms with Crippen molar-refractivity contribution in [3.8, 4) is 0 Å². The first-order chi connectivity index (χ1) is 9.13. The fraction of sp³-hybridized carbons (Fsp3) is 0.733. The molecule has 0 aromatic heterocycles. The van der Waals surface area contributed by atoms with Crippen LogP contribution in [-0.4, -0.2) is 56.6 Å². The summed E-state index contributed by atoms with van der Waals surface area (Å²) in [6, 6.07) is 0. The van der Waals surface area contributed by atoms with Crippen LogP contribution in [0.4, 0.5) is 0 Å². The standard InChI is InChI=1S/C15H28N2O2.ClH/c1-4-16-10-9-13-5-7-14(8-6-13)15(18)19-12-11-17(2)3;/h5,7,15-16,18H,4,6,8-12H2,1-3H3;1H. The van der Waals surface area contributed by atoms with Gasteiger partial charge >= 0.3 is 0 Å². The van der Waals surface area contributed by atoms with Crippen LogP contribution < -0.4 is 5.32 Å². The molecule has 20 heavy (non-hydrogen) atoms. The van der Waals surface area contributed by atoms with Crippen molar-refractivity contribution >= 4 is 12.4 Å². The van der Waals surface area contributed by atoms with E-state index in [1.54, 1.807) is 0 Å². The number of rotatable bonds is 9. The van der Waals surface area contributed by atoms with Crippen molar-refractivity contribution < 1.29 is 9.84 Å². The highest BCUT2D eigenvalue weighted by Crippen LogP contribution is 2.23. The van der Waals surface area contributed by atoms with E-state index < -0.39 is 6.29 Å². The van der Waals surface area contributed by atoms with Crippen molar-refractivity contribution in [1.29, 1.82) is 0 Å². The van der Waals surface area contributed by atoms with E-state index in [1.165, 1.54) is 5.57 Å². The molecule has 0 saturated carbocycles. The molecular formula is C15H29ClN2O2. The second kappa shape index (κ2) is 11.3. The van der Waals surface area contributed by atoms with Crippen LogP contribution >= 0.6 is 12.4 Å². The minimum Gasteiger partial charge on any atom is -0.364 e. The molecule has 118 valence electrons. The van der Waals surface area contributed by atoms with Crippen molar-refractivity contribution in [3.63, 3.8) is 0 Å². The van der Waals surface area contributed by atoms with Crippen LogP contribution in [-0.2, 0) is 4.74 Å². The summed E-state index contributed by atoms with van der Waals surface area (Å²) in [5.74, 6) is 0. The number of aliphatic hydroxyl groups excluding tert-OH is 1. The van der Waals surface area contributed by atoms with Crippen LogP contribution in [0.15, 0.2) is 23.3 Å². The Kier molecular flexibility index (Phi) is 11.1. The zero-order valence-electron chi connectivity index (χ0n) is 12.9. The summed E-state index contributed by atoms with van der Waals surface area (Å²) in [6.07, 6.45) is 6.44. The van der Waals surface area contributed by atoms with Crippen molar-refractivity contribution in [2.75, 3.05) is 40.3 Å². The van der Waals surface area contributed by atoms with Crippen molar-refractivity contribution in [3.05, 3.63) is 23.3 Å². The molecule has 2 N–H and O–H groups in total. The van der Waals surface area contributed by atoms with Gasteiger partial charge in [0, 0.05) is 6.54 Å². The molecule has 1 rings (SSSR count). The van der Waals surface area contributed by atoms with Gasteiger partial charge in [0.05, 0.1) is 6.61 Å². The lowest BCUT2D eigenvalue weighted by Gasteiger charge is -2.20. The summed E-state index contributed by atoms with van der Waals surface area (Å²) in [4.78, 5) is 2.04. The van der Waals surface area contributed by atoms with Crippen LogP contribution in [0.5, 0.6) is 0 Å². The lowest BCUT2D eigenvalue weighted by molar-refractivity contribution is -0.0768. The van der Waals surface area contributed by atoms with Gasteiger partial charge in [0.25, 0.3) is 0 Å². The Morgan fingerprint density at radius 3 is 2.65 bits per heavy atom. The van der Waals surface area contributed by atoms with Crippen molar-refractivity contribution in [1.82, 2.24) is 10.2 Å². The Morgan fingerprint density at radius 1 is 1.35 bits per heavy atom. The number of ether oxygens (including phenoxy) is 1. The molecule has 0 radical (unpaired) electrons. The second-order valence-corrected chi connectivity index (χ2v) is 5.20. The van der Waals surface area contributed by atoms with E-state index >= 15 is 0 Å². The maximum absolute atomic E-state index is 9.94. The van der Waals surface area contributed by atoms with Gasteiger partial charge in [-0.15, -0.1) is 12.4 Å². The van der Waals surface area contributed by atoms with Crippen molar-refractivity contribution in [2.45, 2.75) is 32.5 Å². The molecule has 0 amide bonds. The Bertz CT molecular complexity index is 317. The average molecular weight is 305 g/mol. The quantitative estimate of drug-likeness (QED) is 0.505. The van der Waals surface area contributed by atoms with E-state index in [0.29, 0.717) is 6.61 Å². The van der Waals surface area contributed by atoms with E-state index in [4.69, 9.17) is 4.74 Å². The maximum Gasteiger partial charge on any atom is 0.177 e. The van der Waals surface area contributed by atoms with E-state index in [1.807, 2.05) is 25.1 Å². The Balaban J connectivity index is 0.00000361. The molecule has 1 unspecified atom stereocenters. The highest BCUT2D eigenvalue weighted by Gasteiger charge is 2.14. The van der Waals surface area contributed by atoms with Crippen LogP contribution in [0.1, 0.15) is 26.2 Å². The van der Waals surface area contributed by atoms with E-state index in [2.05, 4.69) is 18.3 Å². The van der Waals surface area contributed by atoms with Crippen LogP contribution in [0.25, 0.3) is 0 Å². The van der Waals surface area contributed by atoms with Crippen LogP contribution in [0, 0.1) is 0 Å². The molecule has 5 heteroatoms. The number of nitrogens with one attached hydrogen (secondary N) is 1. The molecule has 0 aliphatic heterocycles. The predicted molar refractivity (Wildman–Crippen MR) is 86.3 cm³/mol. The third-order valence-corrected chi connectivity index (χ3v) is 3.27. The topological polar surface area (TPSA) is 44.7 Å². The number of hydrogen-bond donors (Lipinski definition) is 2. The lowest BCUT2D eigenvalue weighted by atomic mass is 9.96. The number of halogens is 1. The summed E-state index contributed by atoms with van der Waals surface area (Å²) in [5.41, 5.74) is 2.44. The van der Waals surface area contributed by atoms with E-state index in [0.717, 1.165) is 44.5 Å². The molecule has 0 fully saturated rings. The molecule has 0 bridgehead atoms. The maximum atomic E-state index is 9.94. The number of hydrogen-bond acceptors (Lipinski definition) is 4. The van der Waals surface area contributed by atoms with Crippen LogP contribution in [0.2, 0.25) is 0 Å². The largest absolute Gasteiger partial charge is 0.364 e. The summed E-state index contributed by atoms with van der Waals surface area (Å²) in [6.45, 7) is 5.56. The summed E-state index contributed by atoms with van der Waals surface area (Å²) < 4.78 is 5.43. The minimum atomic E-state index is -0.744. The molecule has 1 atom stereocenters. The van der Waals surface area contributed by atoms with Gasteiger partial charge in [-0.1, -0.05) is 24.6 Å². The normalized spacial score (nSPS) is 16.4. The predicted octanol–water partition coefficient (Wildman–Crippen LogP) is 1.95. The van der Waals surface area contributed by atoms with Gasteiger partial charge in [-0.25, -0.2) is 0 Å². The van der Waals surface area contributed by atoms with Gasteiger partial charge in [-0.05, 0) is 52.0 Å². The molecule has 0 aromatic carbocycles. The highest BCUT2D eigenvalue weighted by molar-refractivity contribution is 5.85. The first-order valence-corrected chi connectivity index (χ1v) is 7.17. The number of aliphatic hydroxyl groups is 1. The fourth-order valence-corrected chi connectivity index (χ4v) is 1.99. The van der Waals surface area contributed by atoms with Gasteiger partial charge < -0.3 is 20.1 Å².